The number of carbonyl (C=O) groups is 6. The minimum Gasteiger partial charge on any atom is -0.481 e. The molecule has 0 amide bonds. The minimum absolute atomic E-state index is 0.0535. The number of thiophene rings is 2. The van der Waals surface area contributed by atoms with Gasteiger partial charge < -0.3 is 45.7 Å². The maximum atomic E-state index is 12.4. The number of nitrogens with one attached hydrogen (secondary N) is 2. The highest BCUT2D eigenvalue weighted by Gasteiger charge is 2.40. The molecule has 2 aromatic carbocycles. The van der Waals surface area contributed by atoms with Gasteiger partial charge in [0.1, 0.15) is 23.1 Å². The fourth-order valence-corrected chi connectivity index (χ4v) is 12.8. The molecule has 9 N–H and O–H groups in total. The highest BCUT2D eigenvalue weighted by atomic mass is 32.1. The molecule has 2 fully saturated rings. The van der Waals surface area contributed by atoms with Crippen molar-refractivity contribution in [3.63, 3.8) is 0 Å². The number of unbranched alkanes of at least 4 members (excludes halogenated alkanes) is 6. The Morgan fingerprint density at radius 3 is 1.30 bits per heavy atom. The van der Waals surface area contributed by atoms with E-state index in [1.54, 1.807) is 71.5 Å². The Labute approximate surface area is 560 Å². The van der Waals surface area contributed by atoms with Crippen LogP contribution in [0, 0.1) is 23.7 Å². The largest absolute Gasteiger partial charge is 0.481 e. The van der Waals surface area contributed by atoms with Crippen LogP contribution < -0.4 is 11.1 Å². The molecule has 19 heteroatoms. The number of aliphatic hydroxyl groups is 5. The molecule has 2 aliphatic rings. The average Bonchev–Trinajstić information content (AvgIpc) is 1.12. The molecular weight excluding hydrogens is 1230 g/mol. The molecule has 2 aliphatic carbocycles. The Morgan fingerprint density at radius 1 is 0.553 bits per heavy atom. The van der Waals surface area contributed by atoms with Crippen LogP contribution >= 0.6 is 22.7 Å². The summed E-state index contributed by atoms with van der Waals surface area (Å²) in [5.41, 5.74) is 3.83. The van der Waals surface area contributed by atoms with Crippen LogP contribution in [0.2, 0.25) is 0 Å². The molecule has 10 atom stereocenters. The third-order valence-corrected chi connectivity index (χ3v) is 18.3. The molecule has 2 unspecified atom stereocenters. The van der Waals surface area contributed by atoms with Crippen LogP contribution in [-0.4, -0.2) is 112 Å². The van der Waals surface area contributed by atoms with Gasteiger partial charge in [-0.25, -0.2) is 0 Å². The topological polar surface area (TPSA) is 310 Å². The van der Waals surface area contributed by atoms with Crippen molar-refractivity contribution in [3.05, 3.63) is 186 Å². The lowest BCUT2D eigenvalue weighted by atomic mass is 9.90. The number of ketones is 4. The number of rotatable bonds is 32. The standard InChI is InChI=1S/2C20H32O5.2C17H15NO2S.CH4O/c2*1-2-3-6-9-15(21)12-13-17-16(18(22)14-19(17)23)10-7-4-5-8-11-20(24)25;2*1-11(14-5-7-21-10-14)16(19)9-12-2-3-15-13(8-12)4-6-18-17(15)20;1-2/h2*4,7,12-13,15-17,19,21,23H,2-3,5-6,8-11,14H2,1H3,(H,24,25);2*2-8,10-11H,9H2,1H3,(H,18,20);2H,1H3/b2*7-4-,13-12+;;;/t2*15-,16+,17+,19+;;;/m00.../s1. The van der Waals surface area contributed by atoms with Crippen molar-refractivity contribution in [2.45, 2.75) is 192 Å². The molecule has 0 saturated heterocycles. The van der Waals surface area contributed by atoms with Crippen molar-refractivity contribution in [3.8, 4) is 0 Å². The maximum Gasteiger partial charge on any atom is 0.303 e. The molecule has 0 radical (unpaired) electrons. The highest BCUT2D eigenvalue weighted by Crippen LogP contribution is 2.35. The second-order valence-corrected chi connectivity index (χ2v) is 25.6. The molecule has 0 spiro atoms. The normalized spacial score (nSPS) is 19.0. The van der Waals surface area contributed by atoms with E-state index in [1.165, 1.54) is 0 Å². The Bertz CT molecular complexity index is 3280. The second-order valence-electron chi connectivity index (χ2n) is 24.0. The van der Waals surface area contributed by atoms with Gasteiger partial charge in [-0.3, -0.25) is 38.4 Å². The molecule has 510 valence electrons. The van der Waals surface area contributed by atoms with Gasteiger partial charge in [-0.2, -0.15) is 22.7 Å². The van der Waals surface area contributed by atoms with Crippen molar-refractivity contribution in [1.29, 1.82) is 0 Å². The number of pyridine rings is 2. The minimum atomic E-state index is -0.801. The van der Waals surface area contributed by atoms with Gasteiger partial charge in [-0.15, -0.1) is 0 Å². The van der Waals surface area contributed by atoms with E-state index >= 15 is 0 Å². The van der Waals surface area contributed by atoms with Gasteiger partial charge in [0, 0.05) is 104 Å². The Balaban J connectivity index is 0.000000265. The van der Waals surface area contributed by atoms with Gasteiger partial charge >= 0.3 is 11.9 Å². The first kappa shape index (κ1) is 79.1. The van der Waals surface area contributed by atoms with E-state index in [9.17, 15) is 58.8 Å². The van der Waals surface area contributed by atoms with E-state index in [-0.39, 0.29) is 95.4 Å². The van der Waals surface area contributed by atoms with Crippen LogP contribution in [0.25, 0.3) is 21.5 Å². The van der Waals surface area contributed by atoms with Crippen LogP contribution in [0.4, 0.5) is 0 Å². The predicted molar refractivity (Wildman–Crippen MR) is 374 cm³/mol. The maximum absolute atomic E-state index is 12.4. The van der Waals surface area contributed by atoms with E-state index in [1.807, 2.05) is 108 Å². The summed E-state index contributed by atoms with van der Waals surface area (Å²) in [6.07, 6.45) is 28.2. The van der Waals surface area contributed by atoms with Gasteiger partial charge in [-0.1, -0.05) is 139 Å². The summed E-state index contributed by atoms with van der Waals surface area (Å²) in [5.74, 6) is -2.32. The number of hydrogen-bond acceptors (Lipinski definition) is 15. The third-order valence-electron chi connectivity index (χ3n) is 16.9. The summed E-state index contributed by atoms with van der Waals surface area (Å²) in [4.78, 5) is 98.4. The predicted octanol–water partition coefficient (Wildman–Crippen LogP) is 13.1. The molecule has 4 heterocycles. The number of aromatic amines is 2. The van der Waals surface area contributed by atoms with Gasteiger partial charge in [0.25, 0.3) is 11.1 Å². The van der Waals surface area contributed by atoms with Gasteiger partial charge in [0.15, 0.2) is 0 Å². The Kier molecular flexibility index (Phi) is 36.7. The first-order valence-electron chi connectivity index (χ1n) is 32.8. The lowest BCUT2D eigenvalue weighted by molar-refractivity contribution is -0.138. The fraction of sp³-hybridized carbons (Fsp3) is 0.467. The molecule has 8 rings (SSSR count). The van der Waals surface area contributed by atoms with Crippen LogP contribution in [0.15, 0.2) is 153 Å². The molecule has 0 bridgehead atoms. The van der Waals surface area contributed by atoms with Crippen molar-refractivity contribution in [2.24, 2.45) is 23.7 Å². The molecular formula is C75H98N2O15S2. The van der Waals surface area contributed by atoms with Crippen LogP contribution in [0.1, 0.15) is 177 Å². The molecule has 0 aliphatic heterocycles. The summed E-state index contributed by atoms with van der Waals surface area (Å²) in [5, 5.41) is 75.4. The summed E-state index contributed by atoms with van der Waals surface area (Å²) >= 11 is 3.21. The van der Waals surface area contributed by atoms with Crippen molar-refractivity contribution in [2.75, 3.05) is 7.11 Å². The Morgan fingerprint density at radius 2 is 0.947 bits per heavy atom. The summed E-state index contributed by atoms with van der Waals surface area (Å²) in [6.45, 7) is 8.11. The zero-order chi connectivity index (χ0) is 69.0. The summed E-state index contributed by atoms with van der Waals surface area (Å²) < 4.78 is 0. The number of fused-ring (bicyclic) bond motifs is 2. The third kappa shape index (κ3) is 27.5. The molecule has 4 aromatic heterocycles. The van der Waals surface area contributed by atoms with Crippen molar-refractivity contribution in [1.82, 2.24) is 9.97 Å². The quantitative estimate of drug-likeness (QED) is 0.0140. The number of H-pyrrole nitrogens is 2. The lowest BCUT2D eigenvalue weighted by Gasteiger charge is -2.16. The SMILES string of the molecule is CC(C(=O)Cc1ccc2c(=O)[nH]ccc2c1)c1ccsc1.CC(C(=O)Cc1ccc2c(=O)[nH]ccc2c1)c1ccsc1.CCCCC[C@H](O)/C=C/[C@H]1[C@H](O)CC(=O)[C@@H]1C/C=C\CCCC(=O)O.CCCCC[C@H](O)/C=C/[C@H]1[C@H](O)CC(=O)[C@@H]1C/C=C\CCCC(=O)O.CO. The zero-order valence-corrected chi connectivity index (χ0v) is 56.6. The van der Waals surface area contributed by atoms with Gasteiger partial charge in [0.05, 0.1) is 24.4 Å². The number of carboxylic acid groups (broad SMARTS) is 2. The van der Waals surface area contributed by atoms with E-state index in [2.05, 4.69) is 23.8 Å². The number of carbonyl (C=O) groups excluding carboxylic acids is 4. The Hall–Kier alpha value is -7.36. The zero-order valence-electron chi connectivity index (χ0n) is 55.0. The van der Waals surface area contributed by atoms with Crippen LogP contribution in [0.3, 0.4) is 0 Å². The van der Waals surface area contributed by atoms with E-state index < -0.39 is 36.4 Å². The number of benzene rings is 2. The number of aliphatic hydroxyl groups excluding tert-OH is 5. The number of hydrogen-bond donors (Lipinski definition) is 9. The first-order valence-corrected chi connectivity index (χ1v) is 34.7. The first-order chi connectivity index (χ1) is 45.2. The van der Waals surface area contributed by atoms with Gasteiger partial charge in [0.2, 0.25) is 0 Å². The lowest BCUT2D eigenvalue weighted by Crippen LogP contribution is -2.18. The van der Waals surface area contributed by atoms with E-state index in [0.29, 0.717) is 75.0 Å². The van der Waals surface area contributed by atoms with Crippen molar-refractivity contribution < 1.29 is 64.5 Å². The number of allylic oxidation sites excluding steroid dienone is 4. The number of aromatic nitrogens is 2. The molecule has 6 aromatic rings. The number of aliphatic carboxylic acids is 2. The average molecular weight is 1330 g/mol. The van der Waals surface area contributed by atoms with Crippen molar-refractivity contribution >= 4 is 79.3 Å². The number of Topliss-reactive ketones (excluding diaryl/α,β-unsaturated/α-hetero) is 4. The fourth-order valence-electron chi connectivity index (χ4n) is 11.3. The second kappa shape index (κ2) is 43.6. The number of carboxylic acids is 2. The highest BCUT2D eigenvalue weighted by molar-refractivity contribution is 7.08. The molecule has 94 heavy (non-hydrogen) atoms. The monoisotopic (exact) mass is 1330 g/mol. The molecule has 2 saturated carbocycles. The summed E-state index contributed by atoms with van der Waals surface area (Å²) in [6, 6.07) is 18.8. The van der Waals surface area contributed by atoms with Crippen LogP contribution in [0.5, 0.6) is 0 Å². The summed E-state index contributed by atoms with van der Waals surface area (Å²) in [7, 11) is 1.00. The van der Waals surface area contributed by atoms with Gasteiger partial charge in [-0.05, 0) is 142 Å². The molecule has 17 nitrogen and oxygen atoms in total. The van der Waals surface area contributed by atoms with E-state index in [4.69, 9.17) is 15.3 Å². The smallest absolute Gasteiger partial charge is 0.303 e. The van der Waals surface area contributed by atoms with Crippen LogP contribution in [-0.2, 0) is 41.6 Å². The van der Waals surface area contributed by atoms with E-state index in [0.717, 1.165) is 78.7 Å².